The first kappa shape index (κ1) is 10.8. The second kappa shape index (κ2) is 4.15. The van der Waals surface area contributed by atoms with Gasteiger partial charge < -0.3 is 10.2 Å². The van der Waals surface area contributed by atoms with Crippen LogP contribution in [0.4, 0.5) is 0 Å². The van der Waals surface area contributed by atoms with Gasteiger partial charge in [0.15, 0.2) is 0 Å². The molecule has 0 unspecified atom stereocenters. The summed E-state index contributed by atoms with van der Waals surface area (Å²) in [7, 11) is 0. The first-order valence-electron chi connectivity index (χ1n) is 6.30. The van der Waals surface area contributed by atoms with Gasteiger partial charge in [-0.2, -0.15) is 0 Å². The number of benzene rings is 1. The number of oxime groups is 1. The summed E-state index contributed by atoms with van der Waals surface area (Å²) in [6.07, 6.45) is 3.08. The molecule has 0 radical (unpaired) electrons. The Morgan fingerprint density at radius 3 is 2.59 bits per heavy atom. The van der Waals surface area contributed by atoms with Crippen LogP contribution in [0.2, 0.25) is 0 Å². The van der Waals surface area contributed by atoms with Crippen LogP contribution in [-0.4, -0.2) is 24.4 Å². The molecule has 2 heterocycles. The third-order valence-electron chi connectivity index (χ3n) is 3.74. The monoisotopic (exact) mass is 230 g/mol. The van der Waals surface area contributed by atoms with Crippen LogP contribution in [0.3, 0.4) is 0 Å². The molecule has 0 aliphatic carbocycles. The average Bonchev–Trinajstić information content (AvgIpc) is 2.75. The van der Waals surface area contributed by atoms with Crippen molar-refractivity contribution in [2.45, 2.75) is 31.8 Å². The quantitative estimate of drug-likeness (QED) is 0.802. The third-order valence-corrected chi connectivity index (χ3v) is 3.74. The second-order valence-electron chi connectivity index (χ2n) is 5.11. The molecule has 1 spiro atoms. The van der Waals surface area contributed by atoms with Crippen molar-refractivity contribution in [1.82, 2.24) is 5.32 Å². The summed E-state index contributed by atoms with van der Waals surface area (Å²) in [5.41, 5.74) is 3.56. The number of rotatable bonds is 1. The van der Waals surface area contributed by atoms with Gasteiger partial charge in [-0.15, -0.1) is 0 Å². The van der Waals surface area contributed by atoms with Crippen molar-refractivity contribution < 1.29 is 4.84 Å². The van der Waals surface area contributed by atoms with E-state index in [9.17, 15) is 0 Å². The Bertz CT molecular complexity index is 430. The molecular weight excluding hydrogens is 212 g/mol. The van der Waals surface area contributed by atoms with Crippen molar-refractivity contribution >= 4 is 5.71 Å². The van der Waals surface area contributed by atoms with Gasteiger partial charge >= 0.3 is 0 Å². The van der Waals surface area contributed by atoms with Gasteiger partial charge in [0.2, 0.25) is 0 Å². The molecule has 0 bridgehead atoms. The van der Waals surface area contributed by atoms with Gasteiger partial charge in [-0.1, -0.05) is 35.0 Å². The van der Waals surface area contributed by atoms with Crippen LogP contribution in [0.1, 0.15) is 30.4 Å². The molecular formula is C14H18N2O. The van der Waals surface area contributed by atoms with E-state index in [4.69, 9.17) is 4.84 Å². The largest absolute Gasteiger partial charge is 0.388 e. The average molecular weight is 230 g/mol. The maximum atomic E-state index is 5.73. The van der Waals surface area contributed by atoms with E-state index in [1.807, 2.05) is 0 Å². The summed E-state index contributed by atoms with van der Waals surface area (Å²) in [5.74, 6) is 0. The molecule has 17 heavy (non-hydrogen) atoms. The molecule has 1 saturated heterocycles. The lowest BCUT2D eigenvalue weighted by Gasteiger charge is -2.30. The number of hydrogen-bond donors (Lipinski definition) is 1. The SMILES string of the molecule is Cc1ccc(C2=NOC3(CCNCC3)C2)cc1. The van der Waals surface area contributed by atoms with Crippen LogP contribution in [0, 0.1) is 6.92 Å². The molecule has 0 aromatic heterocycles. The summed E-state index contributed by atoms with van der Waals surface area (Å²) >= 11 is 0. The molecule has 90 valence electrons. The highest BCUT2D eigenvalue weighted by molar-refractivity contribution is 6.01. The Morgan fingerprint density at radius 2 is 1.88 bits per heavy atom. The first-order chi connectivity index (χ1) is 8.27. The number of nitrogens with zero attached hydrogens (tertiary/aromatic N) is 1. The Balaban J connectivity index is 1.76. The fraction of sp³-hybridized carbons (Fsp3) is 0.500. The summed E-state index contributed by atoms with van der Waals surface area (Å²) in [6, 6.07) is 8.53. The summed E-state index contributed by atoms with van der Waals surface area (Å²) in [6.45, 7) is 4.18. The van der Waals surface area contributed by atoms with Crippen molar-refractivity contribution in [2.75, 3.05) is 13.1 Å². The highest BCUT2D eigenvalue weighted by atomic mass is 16.7. The number of aryl methyl sites for hydroxylation is 1. The lowest BCUT2D eigenvalue weighted by Crippen LogP contribution is -2.42. The van der Waals surface area contributed by atoms with E-state index in [1.54, 1.807) is 0 Å². The van der Waals surface area contributed by atoms with Crippen LogP contribution in [0.5, 0.6) is 0 Å². The molecule has 3 rings (SSSR count). The standard InChI is InChI=1S/C14H18N2O/c1-11-2-4-12(5-3-11)13-10-14(17-16-13)6-8-15-9-7-14/h2-5,15H,6-10H2,1H3. The highest BCUT2D eigenvalue weighted by Gasteiger charge is 2.40. The van der Waals surface area contributed by atoms with Crippen molar-refractivity contribution in [1.29, 1.82) is 0 Å². The molecule has 1 aromatic carbocycles. The van der Waals surface area contributed by atoms with E-state index in [1.165, 1.54) is 11.1 Å². The van der Waals surface area contributed by atoms with Gasteiger partial charge in [0.25, 0.3) is 0 Å². The maximum Gasteiger partial charge on any atom is 0.145 e. The summed E-state index contributed by atoms with van der Waals surface area (Å²) in [5, 5.41) is 7.67. The normalized spacial score (nSPS) is 22.3. The highest BCUT2D eigenvalue weighted by Crippen LogP contribution is 2.34. The second-order valence-corrected chi connectivity index (χ2v) is 5.11. The van der Waals surface area contributed by atoms with Gasteiger partial charge in [-0.05, 0) is 25.6 Å². The minimum absolute atomic E-state index is 0.0224. The van der Waals surface area contributed by atoms with Crippen molar-refractivity contribution in [3.8, 4) is 0 Å². The molecule has 0 atom stereocenters. The molecule has 1 N–H and O–H groups in total. The van der Waals surface area contributed by atoms with Crippen molar-refractivity contribution in [2.24, 2.45) is 5.16 Å². The van der Waals surface area contributed by atoms with E-state index < -0.39 is 0 Å². The van der Waals surface area contributed by atoms with E-state index in [-0.39, 0.29) is 5.60 Å². The van der Waals surface area contributed by atoms with E-state index in [0.29, 0.717) is 0 Å². The molecule has 3 heteroatoms. The zero-order chi connectivity index (χ0) is 11.7. The zero-order valence-electron chi connectivity index (χ0n) is 10.2. The third kappa shape index (κ3) is 2.07. The van der Waals surface area contributed by atoms with Gasteiger partial charge in [0.1, 0.15) is 5.60 Å². The van der Waals surface area contributed by atoms with Crippen LogP contribution in [0.15, 0.2) is 29.4 Å². The minimum atomic E-state index is -0.0224. The predicted molar refractivity (Wildman–Crippen MR) is 68.3 cm³/mol. The van der Waals surface area contributed by atoms with Gasteiger partial charge in [-0.25, -0.2) is 0 Å². The first-order valence-corrected chi connectivity index (χ1v) is 6.30. The smallest absolute Gasteiger partial charge is 0.145 e. The van der Waals surface area contributed by atoms with Gasteiger partial charge in [0.05, 0.1) is 5.71 Å². The lowest BCUT2D eigenvalue weighted by atomic mass is 9.86. The minimum Gasteiger partial charge on any atom is -0.388 e. The fourth-order valence-corrected chi connectivity index (χ4v) is 2.57. The Hall–Kier alpha value is -1.35. The molecule has 0 amide bonds. The Kier molecular flexibility index (Phi) is 2.63. The Labute approximate surface area is 102 Å². The topological polar surface area (TPSA) is 33.6 Å². The predicted octanol–water partition coefficient (Wildman–Crippen LogP) is 2.24. The molecule has 2 aliphatic rings. The van der Waals surface area contributed by atoms with Crippen LogP contribution >= 0.6 is 0 Å². The number of nitrogens with one attached hydrogen (secondary N) is 1. The zero-order valence-corrected chi connectivity index (χ0v) is 10.2. The van der Waals surface area contributed by atoms with Gasteiger partial charge in [-0.3, -0.25) is 0 Å². The van der Waals surface area contributed by atoms with E-state index in [0.717, 1.165) is 38.1 Å². The summed E-state index contributed by atoms with van der Waals surface area (Å²) < 4.78 is 0. The number of piperidine rings is 1. The lowest BCUT2D eigenvalue weighted by molar-refractivity contribution is -0.0400. The van der Waals surface area contributed by atoms with Crippen LogP contribution < -0.4 is 5.32 Å². The maximum absolute atomic E-state index is 5.73. The van der Waals surface area contributed by atoms with E-state index >= 15 is 0 Å². The number of hydrogen-bond acceptors (Lipinski definition) is 3. The fourth-order valence-electron chi connectivity index (χ4n) is 2.57. The molecule has 1 aromatic rings. The van der Waals surface area contributed by atoms with E-state index in [2.05, 4.69) is 41.7 Å². The van der Waals surface area contributed by atoms with Gasteiger partial charge in [0, 0.05) is 19.3 Å². The Morgan fingerprint density at radius 1 is 1.18 bits per heavy atom. The van der Waals surface area contributed by atoms with Crippen molar-refractivity contribution in [3.63, 3.8) is 0 Å². The molecule has 1 fully saturated rings. The van der Waals surface area contributed by atoms with Crippen LogP contribution in [-0.2, 0) is 4.84 Å². The molecule has 3 nitrogen and oxygen atoms in total. The van der Waals surface area contributed by atoms with Crippen molar-refractivity contribution in [3.05, 3.63) is 35.4 Å². The van der Waals surface area contributed by atoms with Crippen LogP contribution in [0.25, 0.3) is 0 Å². The molecule has 0 saturated carbocycles. The summed E-state index contributed by atoms with van der Waals surface area (Å²) in [4.78, 5) is 5.73. The molecule has 2 aliphatic heterocycles.